The van der Waals surface area contributed by atoms with E-state index in [1.807, 2.05) is 0 Å². The molecule has 1 saturated heterocycles. The maximum atomic E-state index is 3.69. The summed E-state index contributed by atoms with van der Waals surface area (Å²) in [7, 11) is 0. The summed E-state index contributed by atoms with van der Waals surface area (Å²) in [4.78, 5) is 2.60. The molecule has 0 aromatic heterocycles. The molecule has 0 amide bonds. The molecule has 2 atom stereocenters. The van der Waals surface area contributed by atoms with E-state index in [0.29, 0.717) is 12.0 Å². The predicted octanol–water partition coefficient (Wildman–Crippen LogP) is 3.47. The van der Waals surface area contributed by atoms with E-state index in [-0.39, 0.29) is 0 Å². The Kier molecular flexibility index (Phi) is 2.96. The molecular weight excluding hydrogens is 244 g/mol. The largest absolute Gasteiger partial charge is 0.381 e. The molecule has 0 spiro atoms. The van der Waals surface area contributed by atoms with Crippen LogP contribution in [0.4, 0.5) is 5.69 Å². The summed E-state index contributed by atoms with van der Waals surface area (Å²) in [5.74, 6) is 0.656. The van der Waals surface area contributed by atoms with Gasteiger partial charge in [-0.15, -0.1) is 0 Å². The minimum absolute atomic E-state index is 0.638. The van der Waals surface area contributed by atoms with E-state index in [0.717, 1.165) is 6.54 Å². The molecular formula is C18H20N2. The number of rotatable bonds is 2. The first-order valence-corrected chi connectivity index (χ1v) is 7.52. The van der Waals surface area contributed by atoms with Gasteiger partial charge in [-0.05, 0) is 23.6 Å². The minimum atomic E-state index is 0.638. The van der Waals surface area contributed by atoms with Crippen molar-refractivity contribution in [3.8, 4) is 0 Å². The van der Waals surface area contributed by atoms with Gasteiger partial charge in [0, 0.05) is 37.3 Å². The monoisotopic (exact) mass is 264 g/mol. The zero-order valence-electron chi connectivity index (χ0n) is 11.6. The van der Waals surface area contributed by atoms with Crippen molar-refractivity contribution in [2.45, 2.75) is 24.9 Å². The maximum Gasteiger partial charge on any atom is 0.0379 e. The van der Waals surface area contributed by atoms with Crippen LogP contribution in [0.1, 0.15) is 23.5 Å². The van der Waals surface area contributed by atoms with E-state index in [1.165, 1.54) is 36.3 Å². The number of piperidine rings is 1. The molecule has 2 aliphatic rings. The zero-order chi connectivity index (χ0) is 13.4. The van der Waals surface area contributed by atoms with Gasteiger partial charge in [-0.25, -0.2) is 0 Å². The summed E-state index contributed by atoms with van der Waals surface area (Å²) < 4.78 is 0. The van der Waals surface area contributed by atoms with Crippen molar-refractivity contribution in [1.29, 1.82) is 0 Å². The molecule has 102 valence electrons. The lowest BCUT2D eigenvalue weighted by Gasteiger charge is -2.35. The fraction of sp³-hybridized carbons (Fsp3) is 0.333. The number of benzene rings is 2. The highest BCUT2D eigenvalue weighted by Crippen LogP contribution is 2.40. The molecule has 2 aliphatic heterocycles. The number of para-hydroxylation sites is 1. The van der Waals surface area contributed by atoms with Crippen LogP contribution in [0.3, 0.4) is 0 Å². The van der Waals surface area contributed by atoms with Crippen LogP contribution in [-0.4, -0.2) is 24.0 Å². The van der Waals surface area contributed by atoms with E-state index >= 15 is 0 Å². The molecule has 0 aliphatic carbocycles. The number of fused-ring (bicyclic) bond motifs is 3. The number of nitrogens with zero attached hydrogens (tertiary/aromatic N) is 1. The molecule has 20 heavy (non-hydrogen) atoms. The topological polar surface area (TPSA) is 15.3 Å². The molecule has 1 N–H and O–H groups in total. The maximum absolute atomic E-state index is 3.69. The number of hydrogen-bond acceptors (Lipinski definition) is 2. The fourth-order valence-corrected chi connectivity index (χ4v) is 3.64. The normalized spacial score (nSPS) is 24.8. The van der Waals surface area contributed by atoms with Gasteiger partial charge in [0.2, 0.25) is 0 Å². The third kappa shape index (κ3) is 2.10. The minimum Gasteiger partial charge on any atom is -0.381 e. The third-order valence-electron chi connectivity index (χ3n) is 4.65. The predicted molar refractivity (Wildman–Crippen MR) is 82.9 cm³/mol. The highest BCUT2D eigenvalue weighted by Gasteiger charge is 2.36. The van der Waals surface area contributed by atoms with E-state index in [4.69, 9.17) is 0 Å². The van der Waals surface area contributed by atoms with Crippen LogP contribution >= 0.6 is 0 Å². The highest BCUT2D eigenvalue weighted by atomic mass is 15.2. The van der Waals surface area contributed by atoms with E-state index in [2.05, 4.69) is 64.8 Å². The van der Waals surface area contributed by atoms with Gasteiger partial charge in [-0.3, -0.25) is 4.90 Å². The molecule has 0 radical (unpaired) electrons. The Morgan fingerprint density at radius 2 is 1.80 bits per heavy atom. The number of likely N-dealkylation sites (tertiary alicyclic amines) is 1. The average Bonchev–Trinajstić information content (AvgIpc) is 2.86. The summed E-state index contributed by atoms with van der Waals surface area (Å²) in [5.41, 5.74) is 4.28. The van der Waals surface area contributed by atoms with Gasteiger partial charge in [-0.2, -0.15) is 0 Å². The molecule has 0 bridgehead atoms. The summed E-state index contributed by atoms with van der Waals surface area (Å²) in [5, 5.41) is 3.69. The highest BCUT2D eigenvalue weighted by molar-refractivity contribution is 5.59. The Morgan fingerprint density at radius 1 is 1.00 bits per heavy atom. The SMILES string of the molecule is c1ccc(CN2CC[C@H]3Nc4ccccc4[C@@H]3C2)cc1. The molecule has 2 nitrogen and oxygen atoms in total. The number of nitrogens with one attached hydrogen (secondary N) is 1. The molecule has 4 rings (SSSR count). The van der Waals surface area contributed by atoms with Crippen LogP contribution in [-0.2, 0) is 6.54 Å². The smallest absolute Gasteiger partial charge is 0.0379 e. The molecule has 0 unspecified atom stereocenters. The Hall–Kier alpha value is -1.80. The Morgan fingerprint density at radius 3 is 2.70 bits per heavy atom. The Bertz CT molecular complexity index is 593. The van der Waals surface area contributed by atoms with Crippen LogP contribution in [0.25, 0.3) is 0 Å². The second kappa shape index (κ2) is 4.95. The fourth-order valence-electron chi connectivity index (χ4n) is 3.64. The molecule has 2 heterocycles. The zero-order valence-corrected chi connectivity index (χ0v) is 11.6. The summed E-state index contributed by atoms with van der Waals surface area (Å²) >= 11 is 0. The van der Waals surface area contributed by atoms with Crippen molar-refractivity contribution in [3.05, 3.63) is 65.7 Å². The van der Waals surface area contributed by atoms with Crippen LogP contribution in [0.15, 0.2) is 54.6 Å². The third-order valence-corrected chi connectivity index (χ3v) is 4.65. The molecule has 2 aromatic carbocycles. The van der Waals surface area contributed by atoms with Gasteiger partial charge in [-0.1, -0.05) is 48.5 Å². The van der Waals surface area contributed by atoms with Crippen molar-refractivity contribution >= 4 is 5.69 Å². The van der Waals surface area contributed by atoms with Crippen LogP contribution in [0.2, 0.25) is 0 Å². The Labute approximate surface area is 120 Å². The van der Waals surface area contributed by atoms with Gasteiger partial charge in [0.15, 0.2) is 0 Å². The van der Waals surface area contributed by atoms with E-state index < -0.39 is 0 Å². The lowest BCUT2D eigenvalue weighted by Crippen LogP contribution is -2.41. The van der Waals surface area contributed by atoms with Gasteiger partial charge in [0.1, 0.15) is 0 Å². The van der Waals surface area contributed by atoms with Crippen LogP contribution < -0.4 is 5.32 Å². The average molecular weight is 264 g/mol. The van der Waals surface area contributed by atoms with E-state index in [9.17, 15) is 0 Å². The van der Waals surface area contributed by atoms with Gasteiger partial charge >= 0.3 is 0 Å². The van der Waals surface area contributed by atoms with Crippen LogP contribution in [0, 0.1) is 0 Å². The van der Waals surface area contributed by atoms with E-state index in [1.54, 1.807) is 0 Å². The summed E-state index contributed by atoms with van der Waals surface area (Å²) in [6.07, 6.45) is 1.24. The van der Waals surface area contributed by atoms with Crippen molar-refractivity contribution in [3.63, 3.8) is 0 Å². The lowest BCUT2D eigenvalue weighted by molar-refractivity contribution is 0.194. The van der Waals surface area contributed by atoms with Crippen molar-refractivity contribution in [2.24, 2.45) is 0 Å². The van der Waals surface area contributed by atoms with Gasteiger partial charge in [0.05, 0.1) is 0 Å². The lowest BCUT2D eigenvalue weighted by atomic mass is 9.89. The van der Waals surface area contributed by atoms with Crippen LogP contribution in [0.5, 0.6) is 0 Å². The van der Waals surface area contributed by atoms with Crippen molar-refractivity contribution in [1.82, 2.24) is 4.90 Å². The second-order valence-electron chi connectivity index (χ2n) is 5.95. The summed E-state index contributed by atoms with van der Waals surface area (Å²) in [6, 6.07) is 20.3. The molecule has 2 heteroatoms. The quantitative estimate of drug-likeness (QED) is 0.893. The summed E-state index contributed by atoms with van der Waals surface area (Å²) in [6.45, 7) is 3.44. The van der Waals surface area contributed by atoms with Gasteiger partial charge in [0.25, 0.3) is 0 Å². The van der Waals surface area contributed by atoms with Gasteiger partial charge < -0.3 is 5.32 Å². The van der Waals surface area contributed by atoms with Crippen molar-refractivity contribution < 1.29 is 0 Å². The van der Waals surface area contributed by atoms with Crippen molar-refractivity contribution in [2.75, 3.05) is 18.4 Å². The molecule has 0 saturated carbocycles. The first-order valence-electron chi connectivity index (χ1n) is 7.52. The number of hydrogen-bond donors (Lipinski definition) is 1. The number of anilines is 1. The Balaban J connectivity index is 1.51. The first-order chi connectivity index (χ1) is 9.90. The molecule has 1 fully saturated rings. The standard InChI is InChI=1S/C18H20N2/c1-2-6-14(7-3-1)12-20-11-10-18-16(13-20)15-8-4-5-9-17(15)19-18/h1-9,16,18-19H,10-13H2/t16-,18+/m0/s1. The first kappa shape index (κ1) is 12.0. The second-order valence-corrected chi connectivity index (χ2v) is 5.95. The molecule has 2 aromatic rings.